The highest BCUT2D eigenvalue weighted by Crippen LogP contribution is 2.24. The Labute approximate surface area is 123 Å². The number of aromatic carboxylic acids is 1. The van der Waals surface area contributed by atoms with Crippen molar-refractivity contribution in [3.05, 3.63) is 11.4 Å². The lowest BCUT2D eigenvalue weighted by molar-refractivity contribution is -0.121. The molecule has 0 unspecified atom stereocenters. The largest absolute Gasteiger partial charge is 0.476 e. The summed E-state index contributed by atoms with van der Waals surface area (Å²) in [6, 6.07) is 0. The summed E-state index contributed by atoms with van der Waals surface area (Å²) in [5, 5.41) is 19.3. The van der Waals surface area contributed by atoms with E-state index in [2.05, 4.69) is 15.6 Å². The Hall–Kier alpha value is -1.96. The van der Waals surface area contributed by atoms with Crippen molar-refractivity contribution in [3.63, 3.8) is 0 Å². The second-order valence-corrected chi connectivity index (χ2v) is 5.70. The molecule has 0 aromatic carbocycles. The minimum atomic E-state index is -1.15. The molecule has 1 aromatic rings. The van der Waals surface area contributed by atoms with Crippen molar-refractivity contribution < 1.29 is 19.4 Å². The van der Waals surface area contributed by atoms with Crippen LogP contribution < -0.4 is 5.32 Å². The molecule has 0 spiro atoms. The van der Waals surface area contributed by atoms with Crippen LogP contribution in [0.3, 0.4) is 0 Å². The van der Waals surface area contributed by atoms with Gasteiger partial charge in [0.15, 0.2) is 5.69 Å². The van der Waals surface area contributed by atoms with Crippen molar-refractivity contribution in [3.8, 4) is 0 Å². The zero-order valence-electron chi connectivity index (χ0n) is 12.8. The molecule has 0 radical (unpaired) electrons. The molecule has 21 heavy (non-hydrogen) atoms. The summed E-state index contributed by atoms with van der Waals surface area (Å²) < 4.78 is 6.23. The SMILES string of the molecule is COCCCNC(=O)Cn1nnc(C(=O)O)c1C(C)(C)C. The van der Waals surface area contributed by atoms with Gasteiger partial charge in [0.2, 0.25) is 5.91 Å². The fraction of sp³-hybridized carbons (Fsp3) is 0.692. The number of carboxylic acids is 1. The number of amides is 1. The highest BCUT2D eigenvalue weighted by molar-refractivity contribution is 5.87. The summed E-state index contributed by atoms with van der Waals surface area (Å²) in [6.45, 7) is 6.57. The molecule has 1 heterocycles. The van der Waals surface area contributed by atoms with Crippen LogP contribution in [0.1, 0.15) is 43.4 Å². The molecular weight excluding hydrogens is 276 g/mol. The van der Waals surface area contributed by atoms with E-state index >= 15 is 0 Å². The molecule has 8 heteroatoms. The molecule has 0 fully saturated rings. The number of rotatable bonds is 7. The number of carbonyl (C=O) groups excluding carboxylic acids is 1. The van der Waals surface area contributed by atoms with E-state index in [4.69, 9.17) is 9.84 Å². The highest BCUT2D eigenvalue weighted by atomic mass is 16.5. The number of carboxylic acid groups (broad SMARTS) is 1. The first-order valence-electron chi connectivity index (χ1n) is 6.70. The second kappa shape index (κ2) is 7.16. The first kappa shape index (κ1) is 17.1. The summed E-state index contributed by atoms with van der Waals surface area (Å²) in [5.41, 5.74) is -0.162. The molecule has 0 atom stereocenters. The molecule has 0 saturated heterocycles. The number of nitrogens with zero attached hydrogens (tertiary/aromatic N) is 3. The topological polar surface area (TPSA) is 106 Å². The van der Waals surface area contributed by atoms with E-state index in [1.807, 2.05) is 20.8 Å². The number of aromatic nitrogens is 3. The Morgan fingerprint density at radius 3 is 2.57 bits per heavy atom. The van der Waals surface area contributed by atoms with E-state index in [1.165, 1.54) is 4.68 Å². The minimum absolute atomic E-state index is 0.0557. The third kappa shape index (κ3) is 4.82. The van der Waals surface area contributed by atoms with Gasteiger partial charge < -0.3 is 15.2 Å². The standard InChI is InChI=1S/C13H22N4O4/c1-13(2,3)11-10(12(19)20)15-16-17(11)8-9(18)14-6-5-7-21-4/h5-8H2,1-4H3,(H,14,18)(H,19,20). The summed E-state index contributed by atoms with van der Waals surface area (Å²) in [7, 11) is 1.60. The number of hydrogen-bond donors (Lipinski definition) is 2. The monoisotopic (exact) mass is 298 g/mol. The minimum Gasteiger partial charge on any atom is -0.476 e. The van der Waals surface area contributed by atoms with Crippen LogP contribution in [-0.2, 0) is 21.5 Å². The maximum Gasteiger partial charge on any atom is 0.358 e. The Bertz CT molecular complexity index is 505. The maximum atomic E-state index is 11.8. The Morgan fingerprint density at radius 1 is 1.38 bits per heavy atom. The fourth-order valence-electron chi connectivity index (χ4n) is 1.95. The molecule has 1 rings (SSSR count). The summed E-state index contributed by atoms with van der Waals surface area (Å²) in [6.07, 6.45) is 0.714. The second-order valence-electron chi connectivity index (χ2n) is 5.70. The van der Waals surface area contributed by atoms with Crippen molar-refractivity contribution in [2.75, 3.05) is 20.3 Å². The van der Waals surface area contributed by atoms with Crippen LogP contribution in [0.25, 0.3) is 0 Å². The zero-order chi connectivity index (χ0) is 16.0. The smallest absolute Gasteiger partial charge is 0.358 e. The summed E-state index contributed by atoms with van der Waals surface area (Å²) in [4.78, 5) is 23.0. The normalized spacial score (nSPS) is 11.4. The van der Waals surface area contributed by atoms with E-state index in [0.717, 1.165) is 0 Å². The number of ether oxygens (including phenoxy) is 1. The predicted octanol–water partition coefficient (Wildman–Crippen LogP) is 0.426. The van der Waals surface area contributed by atoms with E-state index in [9.17, 15) is 9.59 Å². The lowest BCUT2D eigenvalue weighted by Gasteiger charge is -2.20. The quantitative estimate of drug-likeness (QED) is 0.707. The molecule has 0 saturated carbocycles. The van der Waals surface area contributed by atoms with Crippen LogP contribution in [-0.4, -0.2) is 52.2 Å². The van der Waals surface area contributed by atoms with Gasteiger partial charge >= 0.3 is 5.97 Å². The summed E-state index contributed by atoms with van der Waals surface area (Å²) in [5.74, 6) is -1.38. The van der Waals surface area contributed by atoms with Crippen molar-refractivity contribution in [1.29, 1.82) is 0 Å². The third-order valence-electron chi connectivity index (χ3n) is 2.79. The van der Waals surface area contributed by atoms with Gasteiger partial charge in [-0.1, -0.05) is 26.0 Å². The Kier molecular flexibility index (Phi) is 5.83. The van der Waals surface area contributed by atoms with E-state index < -0.39 is 11.4 Å². The highest BCUT2D eigenvalue weighted by Gasteiger charge is 2.29. The molecule has 1 amide bonds. The third-order valence-corrected chi connectivity index (χ3v) is 2.79. The van der Waals surface area contributed by atoms with Gasteiger partial charge in [-0.05, 0) is 6.42 Å². The first-order valence-corrected chi connectivity index (χ1v) is 6.70. The lowest BCUT2D eigenvalue weighted by atomic mass is 9.90. The number of methoxy groups -OCH3 is 1. The molecule has 0 bridgehead atoms. The zero-order valence-corrected chi connectivity index (χ0v) is 12.8. The number of hydrogen-bond acceptors (Lipinski definition) is 5. The molecule has 0 aliphatic heterocycles. The average molecular weight is 298 g/mol. The van der Waals surface area contributed by atoms with E-state index in [-0.39, 0.29) is 18.1 Å². The molecular formula is C13H22N4O4. The predicted molar refractivity (Wildman–Crippen MR) is 75.2 cm³/mol. The molecule has 0 aliphatic rings. The lowest BCUT2D eigenvalue weighted by Crippen LogP contribution is -2.32. The molecule has 8 nitrogen and oxygen atoms in total. The van der Waals surface area contributed by atoms with Crippen LogP contribution in [0.15, 0.2) is 0 Å². The average Bonchev–Trinajstić information content (AvgIpc) is 2.78. The van der Waals surface area contributed by atoms with Crippen LogP contribution in [0.2, 0.25) is 0 Å². The van der Waals surface area contributed by atoms with Crippen molar-refractivity contribution >= 4 is 11.9 Å². The van der Waals surface area contributed by atoms with E-state index in [0.29, 0.717) is 25.3 Å². The fourth-order valence-corrected chi connectivity index (χ4v) is 1.95. The van der Waals surface area contributed by atoms with Crippen molar-refractivity contribution in [1.82, 2.24) is 20.3 Å². The van der Waals surface area contributed by atoms with Crippen molar-refractivity contribution in [2.45, 2.75) is 39.2 Å². The van der Waals surface area contributed by atoms with Gasteiger partial charge in [0.1, 0.15) is 6.54 Å². The molecule has 118 valence electrons. The van der Waals surface area contributed by atoms with Crippen LogP contribution >= 0.6 is 0 Å². The molecule has 2 N–H and O–H groups in total. The Balaban J connectivity index is 2.80. The van der Waals surface area contributed by atoms with Gasteiger partial charge in [-0.15, -0.1) is 5.10 Å². The molecule has 1 aromatic heterocycles. The van der Waals surface area contributed by atoms with Gasteiger partial charge in [0, 0.05) is 25.7 Å². The van der Waals surface area contributed by atoms with Gasteiger partial charge in [0.25, 0.3) is 0 Å². The van der Waals surface area contributed by atoms with Gasteiger partial charge in [-0.2, -0.15) is 0 Å². The number of nitrogens with one attached hydrogen (secondary N) is 1. The first-order chi connectivity index (χ1) is 9.77. The Morgan fingerprint density at radius 2 is 2.05 bits per heavy atom. The molecule has 0 aliphatic carbocycles. The van der Waals surface area contributed by atoms with Crippen molar-refractivity contribution in [2.24, 2.45) is 0 Å². The van der Waals surface area contributed by atoms with Crippen LogP contribution in [0, 0.1) is 0 Å². The van der Waals surface area contributed by atoms with Crippen LogP contribution in [0.4, 0.5) is 0 Å². The maximum absolute atomic E-state index is 11.8. The van der Waals surface area contributed by atoms with Gasteiger partial charge in [-0.25, -0.2) is 9.48 Å². The van der Waals surface area contributed by atoms with Gasteiger partial charge in [0.05, 0.1) is 5.69 Å². The van der Waals surface area contributed by atoms with Crippen LogP contribution in [0.5, 0.6) is 0 Å². The van der Waals surface area contributed by atoms with E-state index in [1.54, 1.807) is 7.11 Å². The number of carbonyl (C=O) groups is 2. The summed E-state index contributed by atoms with van der Waals surface area (Å²) >= 11 is 0. The van der Waals surface area contributed by atoms with Gasteiger partial charge in [-0.3, -0.25) is 4.79 Å².